The molecule has 1 aliphatic heterocycles. The van der Waals surface area contributed by atoms with Crippen molar-refractivity contribution in [1.29, 1.82) is 0 Å². The Morgan fingerprint density at radius 2 is 1.93 bits per heavy atom. The number of hydrogen-bond acceptors (Lipinski definition) is 4. The quantitative estimate of drug-likeness (QED) is 0.871. The summed E-state index contributed by atoms with van der Waals surface area (Å²) < 4.78 is 39.7. The number of amides is 1. The molecule has 2 aromatic carbocycles. The van der Waals surface area contributed by atoms with Crippen molar-refractivity contribution < 1.29 is 22.7 Å². The van der Waals surface area contributed by atoms with E-state index < -0.39 is 27.9 Å². The maximum atomic E-state index is 13.5. The minimum absolute atomic E-state index is 0.0646. The average Bonchev–Trinajstić information content (AvgIpc) is 2.62. The van der Waals surface area contributed by atoms with Crippen molar-refractivity contribution >= 4 is 21.6 Å². The van der Waals surface area contributed by atoms with E-state index in [1.165, 1.54) is 43.3 Å². The Hall–Kier alpha value is -2.29. The van der Waals surface area contributed by atoms with Crippen LogP contribution >= 0.6 is 0 Å². The Morgan fingerprint density at radius 3 is 2.59 bits per heavy atom. The predicted molar refractivity (Wildman–Crippen MR) is 99.7 cm³/mol. The summed E-state index contributed by atoms with van der Waals surface area (Å²) in [6.07, 6.45) is -0.570. The highest BCUT2D eigenvalue weighted by molar-refractivity contribution is 7.89. The summed E-state index contributed by atoms with van der Waals surface area (Å²) in [5.41, 5.74) is 1.53. The van der Waals surface area contributed by atoms with Crippen LogP contribution in [0.4, 0.5) is 10.1 Å². The minimum atomic E-state index is -3.70. The molecule has 1 atom stereocenters. The van der Waals surface area contributed by atoms with Crippen molar-refractivity contribution in [3.63, 3.8) is 0 Å². The molecule has 1 N–H and O–H groups in total. The number of hydrogen-bond donors (Lipinski definition) is 1. The second kappa shape index (κ2) is 7.03. The van der Waals surface area contributed by atoms with E-state index in [1.807, 2.05) is 0 Å². The van der Waals surface area contributed by atoms with Crippen molar-refractivity contribution in [3.05, 3.63) is 58.9 Å². The lowest BCUT2D eigenvalue weighted by molar-refractivity contribution is 0.0970. The summed E-state index contributed by atoms with van der Waals surface area (Å²) in [5, 5.41) is 10.1. The topological polar surface area (TPSA) is 77.9 Å². The zero-order chi connectivity index (χ0) is 19.9. The summed E-state index contributed by atoms with van der Waals surface area (Å²) in [6.45, 7) is 1.92. The lowest BCUT2D eigenvalue weighted by atomic mass is 9.97. The molecule has 0 saturated heterocycles. The molecule has 27 heavy (non-hydrogen) atoms. The number of sulfonamides is 1. The van der Waals surface area contributed by atoms with Gasteiger partial charge in [-0.2, -0.15) is 0 Å². The van der Waals surface area contributed by atoms with Gasteiger partial charge < -0.3 is 10.0 Å². The first-order valence-corrected chi connectivity index (χ1v) is 9.89. The molecule has 8 heteroatoms. The van der Waals surface area contributed by atoms with Gasteiger partial charge in [0.2, 0.25) is 10.0 Å². The van der Waals surface area contributed by atoms with Crippen LogP contribution in [0, 0.1) is 12.7 Å². The molecule has 0 bridgehead atoms. The molecule has 6 nitrogen and oxygen atoms in total. The minimum Gasteiger partial charge on any atom is -0.388 e. The zero-order valence-corrected chi connectivity index (χ0v) is 16.1. The van der Waals surface area contributed by atoms with Crippen LogP contribution in [0.15, 0.2) is 41.3 Å². The number of benzene rings is 2. The van der Waals surface area contributed by atoms with E-state index in [0.717, 1.165) is 4.31 Å². The third-order valence-corrected chi connectivity index (χ3v) is 6.66. The van der Waals surface area contributed by atoms with Gasteiger partial charge in [0.25, 0.3) is 5.91 Å². The summed E-state index contributed by atoms with van der Waals surface area (Å²) >= 11 is 0. The van der Waals surface area contributed by atoms with Crippen molar-refractivity contribution in [2.75, 3.05) is 25.5 Å². The molecular weight excluding hydrogens is 371 g/mol. The molecule has 1 unspecified atom stereocenters. The number of rotatable bonds is 3. The van der Waals surface area contributed by atoms with E-state index in [4.69, 9.17) is 0 Å². The SMILES string of the molecule is Cc1ccc(C(=O)N2CCC(O)c3cc(F)ccc32)cc1S(=O)(=O)N(C)C. The first-order valence-electron chi connectivity index (χ1n) is 8.45. The lowest BCUT2D eigenvalue weighted by Crippen LogP contribution is -2.37. The zero-order valence-electron chi connectivity index (χ0n) is 15.3. The van der Waals surface area contributed by atoms with Gasteiger partial charge in [0.05, 0.1) is 11.0 Å². The van der Waals surface area contributed by atoms with E-state index in [0.29, 0.717) is 16.8 Å². The molecule has 0 spiro atoms. The van der Waals surface area contributed by atoms with Crippen molar-refractivity contribution in [3.8, 4) is 0 Å². The first-order chi connectivity index (χ1) is 12.6. The van der Waals surface area contributed by atoms with Crippen LogP contribution in [0.25, 0.3) is 0 Å². The standard InChI is InChI=1S/C19H21FN2O4S/c1-12-4-5-13(10-18(12)27(25,26)21(2)3)19(24)22-9-8-17(23)15-11-14(20)6-7-16(15)22/h4-7,10-11,17,23H,8-9H2,1-3H3. The summed E-state index contributed by atoms with van der Waals surface area (Å²) in [5.74, 6) is -0.887. The smallest absolute Gasteiger partial charge is 0.258 e. The number of aliphatic hydroxyl groups is 1. The number of nitrogens with zero attached hydrogens (tertiary/aromatic N) is 2. The molecule has 0 saturated carbocycles. The van der Waals surface area contributed by atoms with Gasteiger partial charge in [-0.05, 0) is 49.2 Å². The second-order valence-corrected chi connectivity index (χ2v) is 8.85. The molecule has 144 valence electrons. The van der Waals surface area contributed by atoms with Gasteiger partial charge in [-0.15, -0.1) is 0 Å². The van der Waals surface area contributed by atoms with Gasteiger partial charge in [0.1, 0.15) is 5.82 Å². The van der Waals surface area contributed by atoms with Crippen LogP contribution in [0.3, 0.4) is 0 Å². The van der Waals surface area contributed by atoms with Gasteiger partial charge >= 0.3 is 0 Å². The van der Waals surface area contributed by atoms with Crippen LogP contribution in [0.2, 0.25) is 0 Å². The molecule has 0 aliphatic carbocycles. The van der Waals surface area contributed by atoms with Crippen LogP contribution in [0.5, 0.6) is 0 Å². The van der Waals surface area contributed by atoms with E-state index in [9.17, 15) is 22.7 Å². The fraction of sp³-hybridized carbons (Fsp3) is 0.316. The molecule has 3 rings (SSSR count). The number of carbonyl (C=O) groups is 1. The highest BCUT2D eigenvalue weighted by atomic mass is 32.2. The van der Waals surface area contributed by atoms with Gasteiger partial charge in [-0.1, -0.05) is 6.07 Å². The maximum Gasteiger partial charge on any atom is 0.258 e. The fourth-order valence-corrected chi connectivity index (χ4v) is 4.28. The molecule has 0 aromatic heterocycles. The molecule has 1 heterocycles. The largest absolute Gasteiger partial charge is 0.388 e. The fourth-order valence-electron chi connectivity index (χ4n) is 3.14. The van der Waals surface area contributed by atoms with E-state index >= 15 is 0 Å². The Morgan fingerprint density at radius 1 is 1.22 bits per heavy atom. The Bertz CT molecular complexity index is 1000. The van der Waals surface area contributed by atoms with Gasteiger partial charge in [0.15, 0.2) is 0 Å². The molecule has 1 amide bonds. The molecule has 0 fully saturated rings. The van der Waals surface area contributed by atoms with Crippen molar-refractivity contribution in [2.45, 2.75) is 24.3 Å². The third-order valence-electron chi connectivity index (χ3n) is 4.70. The second-order valence-electron chi connectivity index (χ2n) is 6.73. The van der Waals surface area contributed by atoms with E-state index in [1.54, 1.807) is 19.1 Å². The van der Waals surface area contributed by atoms with Gasteiger partial charge in [-0.3, -0.25) is 4.79 Å². The Labute approximate surface area is 157 Å². The van der Waals surface area contributed by atoms with Crippen molar-refractivity contribution in [2.24, 2.45) is 0 Å². The van der Waals surface area contributed by atoms with Crippen LogP contribution < -0.4 is 4.90 Å². The summed E-state index contributed by atoms with van der Waals surface area (Å²) in [4.78, 5) is 14.6. The highest BCUT2D eigenvalue weighted by Crippen LogP contribution is 2.35. The van der Waals surface area contributed by atoms with Crippen LogP contribution in [0.1, 0.15) is 34.0 Å². The first kappa shape index (κ1) is 19.5. The lowest BCUT2D eigenvalue weighted by Gasteiger charge is -2.32. The van der Waals surface area contributed by atoms with Gasteiger partial charge in [-0.25, -0.2) is 17.1 Å². The Balaban J connectivity index is 2.05. The van der Waals surface area contributed by atoms with Crippen LogP contribution in [-0.4, -0.2) is 44.4 Å². The molecule has 0 radical (unpaired) electrons. The number of aliphatic hydroxyl groups excluding tert-OH is 1. The highest BCUT2D eigenvalue weighted by Gasteiger charge is 2.30. The normalized spacial score (nSPS) is 17.1. The van der Waals surface area contributed by atoms with Gasteiger partial charge in [0, 0.05) is 37.5 Å². The number of halogens is 1. The molecular formula is C19H21FN2O4S. The maximum absolute atomic E-state index is 13.5. The third kappa shape index (κ3) is 3.47. The average molecular weight is 392 g/mol. The molecule has 2 aromatic rings. The Kier molecular flexibility index (Phi) is 5.07. The van der Waals surface area contributed by atoms with Crippen molar-refractivity contribution in [1.82, 2.24) is 4.31 Å². The summed E-state index contributed by atoms with van der Waals surface area (Å²) in [6, 6.07) is 8.43. The van der Waals surface area contributed by atoms with Crippen LogP contribution in [-0.2, 0) is 10.0 Å². The number of aryl methyl sites for hydroxylation is 1. The van der Waals surface area contributed by atoms with E-state index in [2.05, 4.69) is 0 Å². The number of anilines is 1. The summed E-state index contributed by atoms with van der Waals surface area (Å²) in [7, 11) is -0.835. The number of carbonyl (C=O) groups excluding carboxylic acids is 1. The monoisotopic (exact) mass is 392 g/mol. The predicted octanol–water partition coefficient (Wildman–Crippen LogP) is 2.47. The number of fused-ring (bicyclic) bond motifs is 1. The molecule has 1 aliphatic rings. The van der Waals surface area contributed by atoms with E-state index in [-0.39, 0.29) is 23.4 Å².